The van der Waals surface area contributed by atoms with Gasteiger partial charge in [0.25, 0.3) is 0 Å². The number of hydrogen-bond acceptors (Lipinski definition) is 5. The summed E-state index contributed by atoms with van der Waals surface area (Å²) in [4.78, 5) is 21.1. The van der Waals surface area contributed by atoms with E-state index < -0.39 is 5.41 Å². The van der Waals surface area contributed by atoms with Crippen LogP contribution in [0, 0.1) is 11.8 Å². The van der Waals surface area contributed by atoms with Crippen LogP contribution in [0.5, 0.6) is 5.75 Å². The molecular formula is C21H26N2O4. The summed E-state index contributed by atoms with van der Waals surface area (Å²) in [6.07, 6.45) is 3.83. The molecular weight excluding hydrogens is 344 g/mol. The fourth-order valence-corrected chi connectivity index (χ4v) is 5.99. The van der Waals surface area contributed by atoms with Crippen molar-refractivity contribution in [1.82, 2.24) is 4.90 Å². The van der Waals surface area contributed by atoms with Gasteiger partial charge in [-0.1, -0.05) is 17.7 Å². The predicted molar refractivity (Wildman–Crippen MR) is 101 cm³/mol. The van der Waals surface area contributed by atoms with E-state index in [1.54, 1.807) is 14.2 Å². The number of methoxy groups -OCH3 is 1. The second kappa shape index (κ2) is 5.97. The molecule has 5 fully saturated rings. The van der Waals surface area contributed by atoms with Crippen LogP contribution in [0.2, 0.25) is 0 Å². The molecule has 0 radical (unpaired) electrons. The number of anilines is 1. The summed E-state index contributed by atoms with van der Waals surface area (Å²) in [7, 11) is 3.22. The van der Waals surface area contributed by atoms with Crippen molar-refractivity contribution in [1.29, 1.82) is 0 Å². The van der Waals surface area contributed by atoms with Crippen molar-refractivity contribution in [3.05, 3.63) is 35.4 Å². The van der Waals surface area contributed by atoms with Crippen LogP contribution >= 0.6 is 0 Å². The van der Waals surface area contributed by atoms with Gasteiger partial charge in [0.1, 0.15) is 11.2 Å². The molecule has 6 rings (SSSR count). The Bertz CT molecular complexity index is 822. The second-order valence-corrected chi connectivity index (χ2v) is 8.09. The lowest BCUT2D eigenvalue weighted by atomic mass is 9.69. The first-order valence-corrected chi connectivity index (χ1v) is 9.69. The number of piperidine rings is 1. The standard InChI is InChI=1S/C21H26N2O4/c1-4-12-10-23-18-9-21(20(23)24,19-8-14(12)15(18)11-27-19)16-6-5-13(25-2)7-17(16)22-26-3/h4-7,14-15,18-19,22H,8-11H2,1-3H3/b12-4-/t14-,15-,18-,19+,21-/m0/s1. The maximum atomic E-state index is 13.8. The van der Waals surface area contributed by atoms with Gasteiger partial charge in [0.2, 0.25) is 5.91 Å². The van der Waals surface area contributed by atoms with E-state index in [9.17, 15) is 4.79 Å². The second-order valence-electron chi connectivity index (χ2n) is 8.09. The maximum absolute atomic E-state index is 13.8. The lowest BCUT2D eigenvalue weighted by Crippen LogP contribution is -2.59. The highest BCUT2D eigenvalue weighted by atomic mass is 16.6. The molecule has 4 aliphatic heterocycles. The highest BCUT2D eigenvalue weighted by Crippen LogP contribution is 2.59. The largest absolute Gasteiger partial charge is 0.497 e. The van der Waals surface area contributed by atoms with Crippen molar-refractivity contribution in [3.8, 4) is 5.75 Å². The molecule has 0 spiro atoms. The Morgan fingerprint density at radius 2 is 2.22 bits per heavy atom. The van der Waals surface area contributed by atoms with Gasteiger partial charge < -0.3 is 14.4 Å². The van der Waals surface area contributed by atoms with Crippen LogP contribution in [-0.2, 0) is 19.8 Å². The summed E-state index contributed by atoms with van der Waals surface area (Å²) in [6, 6.07) is 6.09. The van der Waals surface area contributed by atoms with Crippen molar-refractivity contribution >= 4 is 11.6 Å². The first-order valence-electron chi connectivity index (χ1n) is 9.69. The van der Waals surface area contributed by atoms with Crippen LogP contribution < -0.4 is 10.2 Å². The SMILES string of the molecule is C/C=C1/CN2C(=O)[C@]3(c4ccc(OC)cc4NOC)C[C@H]2[C@H]2CO[C@@H]3C[C@@H]12. The summed E-state index contributed by atoms with van der Waals surface area (Å²) in [6.45, 7) is 3.60. The number of carbonyl (C=O) groups is 1. The Hall–Kier alpha value is -2.05. The van der Waals surface area contributed by atoms with E-state index in [0.29, 0.717) is 11.8 Å². The van der Waals surface area contributed by atoms with E-state index >= 15 is 0 Å². The van der Waals surface area contributed by atoms with Gasteiger partial charge in [-0.2, -0.15) is 0 Å². The summed E-state index contributed by atoms with van der Waals surface area (Å²) in [5, 5.41) is 0. The molecule has 1 amide bonds. The molecule has 0 aromatic heterocycles. The van der Waals surface area contributed by atoms with Gasteiger partial charge in [0.05, 0.1) is 32.6 Å². The van der Waals surface area contributed by atoms with Gasteiger partial charge in [0.15, 0.2) is 0 Å². The molecule has 6 heteroatoms. The molecule has 144 valence electrons. The Labute approximate surface area is 159 Å². The lowest BCUT2D eigenvalue weighted by Gasteiger charge is -2.50. The Morgan fingerprint density at radius 3 is 2.96 bits per heavy atom. The number of nitrogens with one attached hydrogen (secondary N) is 1. The number of ether oxygens (including phenoxy) is 2. The molecule has 1 N–H and O–H groups in total. The summed E-state index contributed by atoms with van der Waals surface area (Å²) < 4.78 is 11.7. The molecule has 5 bridgehead atoms. The normalized spacial score (nSPS) is 37.8. The quantitative estimate of drug-likeness (QED) is 0.652. The third-order valence-corrected chi connectivity index (χ3v) is 7.21. The zero-order valence-electron chi connectivity index (χ0n) is 16.0. The van der Waals surface area contributed by atoms with Crippen LogP contribution in [0.3, 0.4) is 0 Å². The van der Waals surface area contributed by atoms with E-state index in [1.165, 1.54) is 5.57 Å². The fourth-order valence-electron chi connectivity index (χ4n) is 5.99. The first kappa shape index (κ1) is 17.1. The number of amides is 1. The molecule has 27 heavy (non-hydrogen) atoms. The average molecular weight is 370 g/mol. The minimum Gasteiger partial charge on any atom is -0.497 e. The molecule has 4 heterocycles. The molecule has 0 unspecified atom stereocenters. The lowest BCUT2D eigenvalue weighted by molar-refractivity contribution is -0.154. The third kappa shape index (κ3) is 2.11. The van der Waals surface area contributed by atoms with Crippen molar-refractivity contribution in [2.75, 3.05) is 32.9 Å². The minimum absolute atomic E-state index is 0.109. The van der Waals surface area contributed by atoms with E-state index in [1.807, 2.05) is 18.2 Å². The zero-order chi connectivity index (χ0) is 18.8. The molecule has 6 nitrogen and oxygen atoms in total. The zero-order valence-corrected chi connectivity index (χ0v) is 16.0. The highest BCUT2D eigenvalue weighted by molar-refractivity contribution is 5.94. The van der Waals surface area contributed by atoms with Crippen molar-refractivity contribution in [2.45, 2.75) is 37.3 Å². The van der Waals surface area contributed by atoms with Crippen LogP contribution in [0.4, 0.5) is 5.69 Å². The minimum atomic E-state index is -0.652. The Balaban J connectivity index is 1.68. The number of benzene rings is 1. The van der Waals surface area contributed by atoms with E-state index in [2.05, 4.69) is 23.4 Å². The van der Waals surface area contributed by atoms with E-state index in [4.69, 9.17) is 14.3 Å². The molecule has 1 aromatic carbocycles. The van der Waals surface area contributed by atoms with Crippen LogP contribution in [0.1, 0.15) is 25.3 Å². The number of hydrogen-bond donors (Lipinski definition) is 1. The highest BCUT2D eigenvalue weighted by Gasteiger charge is 2.67. The van der Waals surface area contributed by atoms with Crippen molar-refractivity contribution in [2.24, 2.45) is 11.8 Å². The number of fused-ring (bicyclic) bond motifs is 1. The van der Waals surface area contributed by atoms with Crippen molar-refractivity contribution in [3.63, 3.8) is 0 Å². The predicted octanol–water partition coefficient (Wildman–Crippen LogP) is 2.50. The van der Waals surface area contributed by atoms with Gasteiger partial charge in [-0.15, -0.1) is 0 Å². The Morgan fingerprint density at radius 1 is 1.37 bits per heavy atom. The smallest absolute Gasteiger partial charge is 0.236 e. The average Bonchev–Trinajstić information content (AvgIpc) is 2.83. The summed E-state index contributed by atoms with van der Waals surface area (Å²) >= 11 is 0. The third-order valence-electron chi connectivity index (χ3n) is 7.21. The van der Waals surface area contributed by atoms with E-state index in [-0.39, 0.29) is 18.1 Å². The molecule has 1 aromatic rings. The monoisotopic (exact) mass is 370 g/mol. The van der Waals surface area contributed by atoms with Gasteiger partial charge in [0, 0.05) is 24.6 Å². The van der Waals surface area contributed by atoms with Crippen LogP contribution in [0.25, 0.3) is 0 Å². The molecule has 5 aliphatic rings. The van der Waals surface area contributed by atoms with Gasteiger partial charge in [-0.3, -0.25) is 15.1 Å². The summed E-state index contributed by atoms with van der Waals surface area (Å²) in [5.41, 5.74) is 5.46. The van der Waals surface area contributed by atoms with Crippen molar-refractivity contribution < 1.29 is 19.1 Å². The van der Waals surface area contributed by atoms with Crippen LogP contribution in [-0.4, -0.2) is 50.3 Å². The molecule has 4 saturated heterocycles. The van der Waals surface area contributed by atoms with Gasteiger partial charge >= 0.3 is 0 Å². The number of carbonyl (C=O) groups excluding carboxylic acids is 1. The molecule has 1 saturated carbocycles. The molecule has 1 aliphatic carbocycles. The maximum Gasteiger partial charge on any atom is 0.236 e. The van der Waals surface area contributed by atoms with Gasteiger partial charge in [-0.25, -0.2) is 0 Å². The number of rotatable bonds is 4. The number of nitrogens with zero attached hydrogens (tertiary/aromatic N) is 1. The van der Waals surface area contributed by atoms with Gasteiger partial charge in [-0.05, 0) is 37.3 Å². The van der Waals surface area contributed by atoms with Crippen LogP contribution in [0.15, 0.2) is 29.8 Å². The fraction of sp³-hybridized carbons (Fsp3) is 0.571. The number of allylic oxidation sites excluding steroid dienone is 1. The topological polar surface area (TPSA) is 60.0 Å². The molecule has 5 atom stereocenters. The first-order chi connectivity index (χ1) is 13.1. The Kier molecular flexibility index (Phi) is 3.78. The summed E-state index contributed by atoms with van der Waals surface area (Å²) in [5.74, 6) is 1.87. The van der Waals surface area contributed by atoms with E-state index in [0.717, 1.165) is 43.0 Å².